The minimum absolute atomic E-state index is 0. The molecule has 0 bridgehead atoms. The average molecular weight is 799 g/mol. The average Bonchev–Trinajstić information content (AvgIpc) is 2.71. The summed E-state index contributed by atoms with van der Waals surface area (Å²) < 4.78 is 0. The molecule has 26 heavy (non-hydrogen) atoms. The first-order valence-electron chi connectivity index (χ1n) is 7.81. The van der Waals surface area contributed by atoms with Crippen LogP contribution < -0.4 is 49.6 Å². The Hall–Kier alpha value is 1.42. The van der Waals surface area contributed by atoms with Gasteiger partial charge in [0.05, 0.1) is 0 Å². The maximum absolute atomic E-state index is 2.28. The van der Waals surface area contributed by atoms with Crippen LogP contribution in [0.25, 0.3) is 0 Å². The molecule has 0 unspecified atom stereocenters. The standard InChI is InChI=1S/2C10H16.4ClH.2Ir/c2*1-6-7(2)9(4)10(5)8(6)3;;;;;;/h2*6H,1-5H3;4*1H;;/p-4. The van der Waals surface area contributed by atoms with E-state index in [-0.39, 0.29) is 89.8 Å². The van der Waals surface area contributed by atoms with Gasteiger partial charge in [0.25, 0.3) is 0 Å². The minimum Gasteiger partial charge on any atom is -1.00 e. The minimum atomic E-state index is 0. The fraction of sp³-hybridized carbons (Fsp3) is 0.600. The molecule has 0 saturated heterocycles. The third-order valence-corrected chi connectivity index (χ3v) is 6.09. The van der Waals surface area contributed by atoms with Gasteiger partial charge in [-0.3, -0.25) is 0 Å². The Bertz CT molecular complexity index is 460. The third kappa shape index (κ3) is 8.83. The molecule has 0 aromatic carbocycles. The van der Waals surface area contributed by atoms with Crippen LogP contribution in [0.4, 0.5) is 0 Å². The van der Waals surface area contributed by atoms with Gasteiger partial charge in [-0.2, -0.15) is 0 Å². The van der Waals surface area contributed by atoms with E-state index in [1.165, 1.54) is 22.3 Å². The molecule has 0 atom stereocenters. The Morgan fingerprint density at radius 2 is 0.500 bits per heavy atom. The molecule has 0 aliphatic heterocycles. The largest absolute Gasteiger partial charge is 1.00 e. The van der Waals surface area contributed by atoms with Gasteiger partial charge in [0, 0.05) is 40.2 Å². The zero-order chi connectivity index (χ0) is 15.8. The first-order valence-corrected chi connectivity index (χ1v) is 7.81. The van der Waals surface area contributed by atoms with Crippen LogP contribution in [-0.4, -0.2) is 0 Å². The smallest absolute Gasteiger partial charge is 0 e. The number of allylic oxidation sites excluding steroid dienone is 8. The molecule has 0 fully saturated rings. The first-order chi connectivity index (χ1) is 9.11. The monoisotopic (exact) mass is 798 g/mol. The van der Waals surface area contributed by atoms with Gasteiger partial charge in [-0.1, -0.05) is 36.1 Å². The van der Waals surface area contributed by atoms with E-state index in [1.807, 2.05) is 0 Å². The van der Waals surface area contributed by atoms with Gasteiger partial charge in [0.2, 0.25) is 0 Å². The van der Waals surface area contributed by atoms with Crippen molar-refractivity contribution in [2.24, 2.45) is 11.8 Å². The molecule has 0 aromatic rings. The predicted octanol–water partition coefficient (Wildman–Crippen LogP) is -5.37. The molecule has 2 aliphatic rings. The Balaban J connectivity index is -0.0000000625. The van der Waals surface area contributed by atoms with Crippen LogP contribution in [-0.2, 0) is 40.2 Å². The number of halogens is 4. The number of hydrogen-bond acceptors (Lipinski definition) is 0. The maximum Gasteiger partial charge on any atom is 0 e. The molecule has 0 spiro atoms. The summed E-state index contributed by atoms with van der Waals surface area (Å²) in [6, 6.07) is 0. The first kappa shape index (κ1) is 41.7. The second-order valence-corrected chi connectivity index (χ2v) is 6.68. The van der Waals surface area contributed by atoms with Crippen LogP contribution in [0.3, 0.4) is 0 Å². The van der Waals surface area contributed by atoms with Gasteiger partial charge >= 0.3 is 0 Å². The van der Waals surface area contributed by atoms with Crippen molar-refractivity contribution in [1.82, 2.24) is 0 Å². The van der Waals surface area contributed by atoms with Crippen molar-refractivity contribution in [1.29, 1.82) is 0 Å². The summed E-state index contributed by atoms with van der Waals surface area (Å²) in [5.74, 6) is 1.39. The maximum atomic E-state index is 2.28. The van der Waals surface area contributed by atoms with Crippen molar-refractivity contribution in [3.63, 3.8) is 0 Å². The van der Waals surface area contributed by atoms with Crippen LogP contribution in [0.15, 0.2) is 44.6 Å². The Kier molecular flexibility index (Phi) is 27.7. The molecule has 2 aliphatic carbocycles. The molecule has 0 nitrogen and oxygen atoms in total. The predicted molar refractivity (Wildman–Crippen MR) is 91.8 cm³/mol. The fourth-order valence-electron chi connectivity index (χ4n) is 3.13. The molecule has 0 amide bonds. The molecular weight excluding hydrogens is 766 g/mol. The van der Waals surface area contributed by atoms with E-state index in [2.05, 4.69) is 69.2 Å². The van der Waals surface area contributed by atoms with Crippen molar-refractivity contribution in [2.45, 2.75) is 69.2 Å². The van der Waals surface area contributed by atoms with E-state index in [0.29, 0.717) is 11.8 Å². The van der Waals surface area contributed by atoms with Crippen LogP contribution in [0.1, 0.15) is 69.2 Å². The fourth-order valence-corrected chi connectivity index (χ4v) is 3.13. The quantitative estimate of drug-likeness (QED) is 0.230. The summed E-state index contributed by atoms with van der Waals surface area (Å²) in [7, 11) is 0. The molecule has 6 heteroatoms. The third-order valence-electron chi connectivity index (χ3n) is 6.09. The SMILES string of the molecule is CC1=C(C)C(C)C(C)=C1C.CC1=C(C)C(C)C(C)=C1C.[Cl-].[Cl-].[Cl-].[Cl-].[Ir].[Ir]. The van der Waals surface area contributed by atoms with E-state index in [1.54, 1.807) is 22.3 Å². The second-order valence-electron chi connectivity index (χ2n) is 6.68. The van der Waals surface area contributed by atoms with Gasteiger partial charge in [-0.25, -0.2) is 0 Å². The molecular formula is C20H32Cl4Ir2-4. The topological polar surface area (TPSA) is 0 Å². The van der Waals surface area contributed by atoms with Crippen LogP contribution in [0.2, 0.25) is 0 Å². The summed E-state index contributed by atoms with van der Waals surface area (Å²) >= 11 is 0. The van der Waals surface area contributed by atoms with E-state index < -0.39 is 0 Å². The van der Waals surface area contributed by atoms with E-state index in [0.717, 1.165) is 0 Å². The molecule has 2 radical (unpaired) electrons. The zero-order valence-corrected chi connectivity index (χ0v) is 25.1. The van der Waals surface area contributed by atoms with Crippen molar-refractivity contribution in [3.05, 3.63) is 44.6 Å². The van der Waals surface area contributed by atoms with Gasteiger partial charge in [-0.05, 0) is 89.5 Å². The van der Waals surface area contributed by atoms with E-state index in [4.69, 9.17) is 0 Å². The van der Waals surface area contributed by atoms with E-state index >= 15 is 0 Å². The molecule has 0 heterocycles. The van der Waals surface area contributed by atoms with Gasteiger partial charge in [0.1, 0.15) is 0 Å². The van der Waals surface area contributed by atoms with Crippen LogP contribution >= 0.6 is 0 Å². The second kappa shape index (κ2) is 17.3. The summed E-state index contributed by atoms with van der Waals surface area (Å²) in [4.78, 5) is 0. The summed E-state index contributed by atoms with van der Waals surface area (Å²) in [6.07, 6.45) is 0. The van der Waals surface area contributed by atoms with Crippen molar-refractivity contribution < 1.29 is 89.8 Å². The van der Waals surface area contributed by atoms with Gasteiger partial charge < -0.3 is 49.6 Å². The normalized spacial score (nSPS) is 16.4. The summed E-state index contributed by atoms with van der Waals surface area (Å²) in [5, 5.41) is 0. The van der Waals surface area contributed by atoms with Gasteiger partial charge in [-0.15, -0.1) is 0 Å². The molecule has 2 rings (SSSR count). The van der Waals surface area contributed by atoms with Crippen molar-refractivity contribution >= 4 is 0 Å². The van der Waals surface area contributed by atoms with Crippen molar-refractivity contribution in [3.8, 4) is 0 Å². The molecule has 0 N–H and O–H groups in total. The van der Waals surface area contributed by atoms with Crippen LogP contribution in [0.5, 0.6) is 0 Å². The Morgan fingerprint density at radius 1 is 0.385 bits per heavy atom. The summed E-state index contributed by atoms with van der Waals surface area (Å²) in [5.41, 5.74) is 12.2. The van der Waals surface area contributed by atoms with E-state index in [9.17, 15) is 0 Å². The Morgan fingerprint density at radius 3 is 0.538 bits per heavy atom. The zero-order valence-electron chi connectivity index (χ0n) is 17.3. The summed E-state index contributed by atoms with van der Waals surface area (Å²) in [6.45, 7) is 22.4. The molecule has 162 valence electrons. The van der Waals surface area contributed by atoms with Gasteiger partial charge in [0.15, 0.2) is 0 Å². The number of rotatable bonds is 0. The molecule has 0 aromatic heterocycles. The van der Waals surface area contributed by atoms with Crippen LogP contribution in [0, 0.1) is 11.8 Å². The van der Waals surface area contributed by atoms with Crippen molar-refractivity contribution in [2.75, 3.05) is 0 Å². The molecule has 0 saturated carbocycles. The number of hydrogen-bond donors (Lipinski definition) is 0. The Labute approximate surface area is 213 Å².